The zero-order valence-corrected chi connectivity index (χ0v) is 12.8. The Bertz CT molecular complexity index is 511. The van der Waals surface area contributed by atoms with Crippen LogP contribution in [0.2, 0.25) is 0 Å². The second-order valence-electron chi connectivity index (χ2n) is 4.35. The fraction of sp³-hybridized carbons (Fsp3) is 0.250. The zero-order chi connectivity index (χ0) is 14.2. The van der Waals surface area contributed by atoms with E-state index in [-0.39, 0.29) is 0 Å². The van der Waals surface area contributed by atoms with Crippen molar-refractivity contribution in [2.24, 2.45) is 5.73 Å². The molecule has 2 aromatic carbocycles. The van der Waals surface area contributed by atoms with Gasteiger partial charge in [-0.1, -0.05) is 28.1 Å². The van der Waals surface area contributed by atoms with E-state index in [1.165, 1.54) is 0 Å². The second kappa shape index (κ2) is 7.92. The van der Waals surface area contributed by atoms with Gasteiger partial charge in [0.1, 0.15) is 11.5 Å². The maximum absolute atomic E-state index is 5.63. The lowest BCUT2D eigenvalue weighted by atomic mass is 10.2. The summed E-state index contributed by atoms with van der Waals surface area (Å²) in [5.41, 5.74) is 6.65. The average molecular weight is 336 g/mol. The van der Waals surface area contributed by atoms with Crippen LogP contribution in [0.5, 0.6) is 11.5 Å². The molecular formula is C16H18BrNO2. The number of rotatable bonds is 7. The van der Waals surface area contributed by atoms with Crippen molar-refractivity contribution < 1.29 is 9.47 Å². The monoisotopic (exact) mass is 335 g/mol. The summed E-state index contributed by atoms with van der Waals surface area (Å²) in [4.78, 5) is 0. The minimum Gasteiger partial charge on any atom is -0.493 e. The van der Waals surface area contributed by atoms with E-state index in [9.17, 15) is 0 Å². The van der Waals surface area contributed by atoms with Crippen LogP contribution in [-0.2, 0) is 6.54 Å². The van der Waals surface area contributed by atoms with Gasteiger partial charge in [-0.2, -0.15) is 0 Å². The van der Waals surface area contributed by atoms with Crippen molar-refractivity contribution in [1.29, 1.82) is 0 Å². The summed E-state index contributed by atoms with van der Waals surface area (Å²) in [6, 6.07) is 15.7. The number of hydrogen-bond donors (Lipinski definition) is 1. The molecule has 0 aromatic heterocycles. The number of ether oxygens (including phenoxy) is 2. The predicted molar refractivity (Wildman–Crippen MR) is 84.1 cm³/mol. The molecule has 0 aliphatic carbocycles. The third kappa shape index (κ3) is 4.87. The molecular weight excluding hydrogens is 318 g/mol. The molecule has 2 aromatic rings. The van der Waals surface area contributed by atoms with E-state index in [1.807, 2.05) is 48.5 Å². The maximum atomic E-state index is 5.63. The van der Waals surface area contributed by atoms with Crippen LogP contribution in [0, 0.1) is 0 Å². The third-order valence-corrected chi connectivity index (χ3v) is 3.33. The van der Waals surface area contributed by atoms with Crippen LogP contribution in [0.1, 0.15) is 12.0 Å². The Hall–Kier alpha value is -1.52. The van der Waals surface area contributed by atoms with E-state index < -0.39 is 0 Å². The smallest absolute Gasteiger partial charge is 0.119 e. The van der Waals surface area contributed by atoms with Crippen LogP contribution in [0.15, 0.2) is 53.0 Å². The van der Waals surface area contributed by atoms with Crippen LogP contribution in [0.3, 0.4) is 0 Å². The molecule has 2 rings (SSSR count). The van der Waals surface area contributed by atoms with Crippen LogP contribution < -0.4 is 15.2 Å². The van der Waals surface area contributed by atoms with Crippen LogP contribution in [0.25, 0.3) is 0 Å². The summed E-state index contributed by atoms with van der Waals surface area (Å²) in [5, 5.41) is 0. The first kappa shape index (κ1) is 14.9. The molecule has 0 heterocycles. The molecule has 0 bridgehead atoms. The number of hydrogen-bond acceptors (Lipinski definition) is 3. The van der Waals surface area contributed by atoms with Crippen molar-refractivity contribution in [2.45, 2.75) is 13.0 Å². The summed E-state index contributed by atoms with van der Waals surface area (Å²) in [6.07, 6.45) is 0.842. The van der Waals surface area contributed by atoms with Gasteiger partial charge >= 0.3 is 0 Å². The van der Waals surface area contributed by atoms with Crippen LogP contribution in [-0.4, -0.2) is 13.2 Å². The quantitative estimate of drug-likeness (QED) is 0.783. The second-order valence-corrected chi connectivity index (χ2v) is 5.27. The van der Waals surface area contributed by atoms with Gasteiger partial charge in [-0.05, 0) is 42.0 Å². The van der Waals surface area contributed by atoms with E-state index in [2.05, 4.69) is 15.9 Å². The molecule has 20 heavy (non-hydrogen) atoms. The van der Waals surface area contributed by atoms with Crippen LogP contribution >= 0.6 is 15.9 Å². The summed E-state index contributed by atoms with van der Waals surface area (Å²) in [6.45, 7) is 1.84. The average Bonchev–Trinajstić information content (AvgIpc) is 2.49. The lowest BCUT2D eigenvalue weighted by Crippen LogP contribution is -2.05. The van der Waals surface area contributed by atoms with Gasteiger partial charge in [-0.3, -0.25) is 0 Å². The molecule has 0 amide bonds. The Kier molecular flexibility index (Phi) is 5.89. The topological polar surface area (TPSA) is 44.5 Å². The van der Waals surface area contributed by atoms with Crippen molar-refractivity contribution in [3.8, 4) is 11.5 Å². The van der Waals surface area contributed by atoms with Gasteiger partial charge in [0.25, 0.3) is 0 Å². The number of halogens is 1. The van der Waals surface area contributed by atoms with Crippen molar-refractivity contribution in [3.05, 3.63) is 58.6 Å². The fourth-order valence-corrected chi connectivity index (χ4v) is 1.96. The Morgan fingerprint density at radius 2 is 1.30 bits per heavy atom. The molecule has 0 saturated heterocycles. The minimum atomic E-state index is 0.557. The van der Waals surface area contributed by atoms with E-state index in [0.717, 1.165) is 28.0 Å². The molecule has 0 fully saturated rings. The SMILES string of the molecule is NCc1ccc(OCCCOc2ccc(Br)cc2)cc1. The summed E-state index contributed by atoms with van der Waals surface area (Å²) >= 11 is 3.39. The van der Waals surface area contributed by atoms with Gasteiger partial charge in [0, 0.05) is 17.4 Å². The Balaban J connectivity index is 1.64. The molecule has 0 radical (unpaired) electrons. The Labute approximate surface area is 127 Å². The fourth-order valence-electron chi connectivity index (χ4n) is 1.69. The molecule has 0 saturated carbocycles. The molecule has 3 nitrogen and oxygen atoms in total. The molecule has 0 spiro atoms. The highest BCUT2D eigenvalue weighted by atomic mass is 79.9. The van der Waals surface area contributed by atoms with Gasteiger partial charge in [-0.15, -0.1) is 0 Å². The Morgan fingerprint density at radius 1 is 0.800 bits per heavy atom. The molecule has 0 unspecified atom stereocenters. The highest BCUT2D eigenvalue weighted by Gasteiger charge is 1.96. The van der Waals surface area contributed by atoms with Gasteiger partial charge in [0.2, 0.25) is 0 Å². The first-order valence-corrected chi connectivity index (χ1v) is 7.37. The first-order chi connectivity index (χ1) is 9.78. The number of nitrogens with two attached hydrogens (primary N) is 1. The van der Waals surface area contributed by atoms with E-state index >= 15 is 0 Å². The maximum Gasteiger partial charge on any atom is 0.119 e. The molecule has 4 heteroatoms. The van der Waals surface area contributed by atoms with E-state index in [0.29, 0.717) is 19.8 Å². The van der Waals surface area contributed by atoms with Gasteiger partial charge in [0.15, 0.2) is 0 Å². The van der Waals surface area contributed by atoms with Gasteiger partial charge < -0.3 is 15.2 Å². The molecule has 0 atom stereocenters. The van der Waals surface area contributed by atoms with Gasteiger partial charge in [-0.25, -0.2) is 0 Å². The highest BCUT2D eigenvalue weighted by Crippen LogP contribution is 2.16. The summed E-state index contributed by atoms with van der Waals surface area (Å²) < 4.78 is 12.3. The normalized spacial score (nSPS) is 10.3. The van der Waals surface area contributed by atoms with Crippen molar-refractivity contribution >= 4 is 15.9 Å². The summed E-state index contributed by atoms with van der Waals surface area (Å²) in [5.74, 6) is 1.74. The molecule has 2 N–H and O–H groups in total. The van der Waals surface area contributed by atoms with Crippen LogP contribution in [0.4, 0.5) is 0 Å². The largest absolute Gasteiger partial charge is 0.493 e. The minimum absolute atomic E-state index is 0.557. The lowest BCUT2D eigenvalue weighted by Gasteiger charge is -2.08. The predicted octanol–water partition coefficient (Wildman–Crippen LogP) is 3.76. The van der Waals surface area contributed by atoms with E-state index in [1.54, 1.807) is 0 Å². The first-order valence-electron chi connectivity index (χ1n) is 6.58. The standard InChI is InChI=1S/C16H18BrNO2/c17-14-4-8-16(9-5-14)20-11-1-10-19-15-6-2-13(12-18)3-7-15/h2-9H,1,10-12,18H2. The van der Waals surface area contributed by atoms with Gasteiger partial charge in [0.05, 0.1) is 13.2 Å². The lowest BCUT2D eigenvalue weighted by molar-refractivity contribution is 0.247. The molecule has 0 aliphatic rings. The molecule has 106 valence electrons. The summed E-state index contributed by atoms with van der Waals surface area (Å²) in [7, 11) is 0. The van der Waals surface area contributed by atoms with Crippen molar-refractivity contribution in [3.63, 3.8) is 0 Å². The van der Waals surface area contributed by atoms with Crippen molar-refractivity contribution in [2.75, 3.05) is 13.2 Å². The number of benzene rings is 2. The highest BCUT2D eigenvalue weighted by molar-refractivity contribution is 9.10. The zero-order valence-electron chi connectivity index (χ0n) is 11.2. The third-order valence-electron chi connectivity index (χ3n) is 2.80. The molecule has 0 aliphatic heterocycles. The Morgan fingerprint density at radius 3 is 1.80 bits per heavy atom. The van der Waals surface area contributed by atoms with Crippen molar-refractivity contribution in [1.82, 2.24) is 0 Å². The van der Waals surface area contributed by atoms with E-state index in [4.69, 9.17) is 15.2 Å².